The van der Waals surface area contributed by atoms with E-state index in [1.165, 1.54) is 18.2 Å². The van der Waals surface area contributed by atoms with E-state index in [1.54, 1.807) is 0 Å². The largest absolute Gasteiger partial charge is 0.381 e. The highest BCUT2D eigenvalue weighted by atomic mass is 35.5. The van der Waals surface area contributed by atoms with E-state index in [4.69, 9.17) is 23.2 Å². The minimum absolute atomic E-state index is 0.0144. The van der Waals surface area contributed by atoms with Gasteiger partial charge in [0.25, 0.3) is 5.69 Å². The molecule has 21 heavy (non-hydrogen) atoms. The van der Waals surface area contributed by atoms with E-state index < -0.39 is 4.92 Å². The van der Waals surface area contributed by atoms with Gasteiger partial charge in [0.2, 0.25) is 0 Å². The molecule has 0 radical (unpaired) electrons. The number of halogens is 2. The maximum atomic E-state index is 10.8. The van der Waals surface area contributed by atoms with Crippen molar-refractivity contribution in [3.05, 3.63) is 68.2 Å². The van der Waals surface area contributed by atoms with Crippen molar-refractivity contribution in [3.63, 3.8) is 0 Å². The molecule has 0 aliphatic carbocycles. The summed E-state index contributed by atoms with van der Waals surface area (Å²) in [6, 6.07) is 12.0. The molecule has 1 N–H and O–H groups in total. The molecule has 0 aliphatic heterocycles. The fourth-order valence-corrected chi connectivity index (χ4v) is 2.33. The number of nitro benzene ring substituents is 1. The molecule has 0 aliphatic rings. The minimum Gasteiger partial charge on any atom is -0.381 e. The predicted molar refractivity (Wildman–Crippen MR) is 86.3 cm³/mol. The van der Waals surface area contributed by atoms with E-state index in [0.29, 0.717) is 15.7 Å². The third-order valence-electron chi connectivity index (χ3n) is 3.02. The summed E-state index contributed by atoms with van der Waals surface area (Å²) in [6.45, 7) is 1.99. The second-order valence-electron chi connectivity index (χ2n) is 4.80. The van der Waals surface area contributed by atoms with Crippen molar-refractivity contribution in [3.8, 4) is 0 Å². The van der Waals surface area contributed by atoms with Gasteiger partial charge in [-0.05, 0) is 37.1 Å². The second-order valence-corrected chi connectivity index (χ2v) is 5.64. The average Bonchev–Trinajstić information content (AvgIpc) is 2.43. The second kappa shape index (κ2) is 6.78. The lowest BCUT2D eigenvalue weighted by atomic mass is 10.1. The Hall–Kier alpha value is -1.78. The van der Waals surface area contributed by atoms with Crippen LogP contribution in [0.2, 0.25) is 10.0 Å². The van der Waals surface area contributed by atoms with Crippen molar-refractivity contribution >= 4 is 34.6 Å². The van der Waals surface area contributed by atoms with Crippen molar-refractivity contribution in [2.75, 3.05) is 5.32 Å². The van der Waals surface area contributed by atoms with E-state index in [9.17, 15) is 10.1 Å². The molecule has 0 amide bonds. The number of nitro groups is 1. The first-order chi connectivity index (χ1) is 9.95. The molecule has 0 spiro atoms. The number of anilines is 1. The van der Waals surface area contributed by atoms with Crippen LogP contribution in [-0.4, -0.2) is 11.0 Å². The van der Waals surface area contributed by atoms with Crippen molar-refractivity contribution in [1.29, 1.82) is 0 Å². The van der Waals surface area contributed by atoms with Gasteiger partial charge in [0, 0.05) is 23.2 Å². The number of nitrogens with one attached hydrogen (secondary N) is 1. The van der Waals surface area contributed by atoms with Crippen LogP contribution >= 0.6 is 23.2 Å². The Morgan fingerprint density at radius 3 is 2.48 bits per heavy atom. The number of hydrogen-bond acceptors (Lipinski definition) is 3. The molecule has 0 aromatic heterocycles. The minimum atomic E-state index is -0.439. The standard InChI is InChI=1S/C15H14Cl2N2O2/c1-10(8-11-2-4-12(16)5-3-11)18-15-9-13(19(20)21)6-7-14(15)17/h2-7,9-10,18H,8H2,1H3. The molecule has 0 saturated heterocycles. The SMILES string of the molecule is CC(Cc1ccc(Cl)cc1)Nc1cc([N+](=O)[O-])ccc1Cl. The van der Waals surface area contributed by atoms with Gasteiger partial charge in [0.15, 0.2) is 0 Å². The first-order valence-electron chi connectivity index (χ1n) is 6.40. The average molecular weight is 325 g/mol. The Kier molecular flexibility index (Phi) is 5.04. The summed E-state index contributed by atoms with van der Waals surface area (Å²) in [4.78, 5) is 10.4. The van der Waals surface area contributed by atoms with Crippen molar-refractivity contribution in [1.82, 2.24) is 0 Å². The lowest BCUT2D eigenvalue weighted by molar-refractivity contribution is -0.384. The normalized spacial score (nSPS) is 12.0. The van der Waals surface area contributed by atoms with E-state index >= 15 is 0 Å². The van der Waals surface area contributed by atoms with Crippen molar-refractivity contribution < 1.29 is 4.92 Å². The third kappa shape index (κ3) is 4.34. The maximum absolute atomic E-state index is 10.8. The topological polar surface area (TPSA) is 55.2 Å². The van der Waals surface area contributed by atoms with Crippen LogP contribution in [0, 0.1) is 10.1 Å². The highest BCUT2D eigenvalue weighted by molar-refractivity contribution is 6.33. The lowest BCUT2D eigenvalue weighted by Crippen LogP contribution is -2.18. The molecule has 110 valence electrons. The molecule has 0 bridgehead atoms. The van der Waals surface area contributed by atoms with Crippen LogP contribution in [0.3, 0.4) is 0 Å². The number of nitrogens with zero attached hydrogens (tertiary/aromatic N) is 1. The van der Waals surface area contributed by atoms with Crippen molar-refractivity contribution in [2.45, 2.75) is 19.4 Å². The van der Waals surface area contributed by atoms with Gasteiger partial charge < -0.3 is 5.32 Å². The van der Waals surface area contributed by atoms with Gasteiger partial charge in [-0.1, -0.05) is 35.3 Å². The molecule has 2 aromatic carbocycles. The van der Waals surface area contributed by atoms with E-state index in [-0.39, 0.29) is 11.7 Å². The predicted octanol–water partition coefficient (Wildman–Crippen LogP) is 4.94. The van der Waals surface area contributed by atoms with Gasteiger partial charge in [0.1, 0.15) is 0 Å². The van der Waals surface area contributed by atoms with Gasteiger partial charge >= 0.3 is 0 Å². The Balaban J connectivity index is 2.08. The fourth-order valence-electron chi connectivity index (χ4n) is 2.03. The molecular weight excluding hydrogens is 311 g/mol. The smallest absolute Gasteiger partial charge is 0.271 e. The zero-order chi connectivity index (χ0) is 15.4. The Labute approximate surface area is 132 Å². The molecule has 0 heterocycles. The summed E-state index contributed by atoms with van der Waals surface area (Å²) in [6.07, 6.45) is 0.760. The molecule has 2 aromatic rings. The molecule has 1 unspecified atom stereocenters. The van der Waals surface area contributed by atoms with Gasteiger partial charge in [0.05, 0.1) is 15.6 Å². The summed E-state index contributed by atoms with van der Waals surface area (Å²) in [5, 5.41) is 15.2. The summed E-state index contributed by atoms with van der Waals surface area (Å²) >= 11 is 11.9. The van der Waals surface area contributed by atoms with Crippen LogP contribution in [-0.2, 0) is 6.42 Å². The van der Waals surface area contributed by atoms with Gasteiger partial charge in [-0.3, -0.25) is 10.1 Å². The summed E-state index contributed by atoms with van der Waals surface area (Å²) in [7, 11) is 0. The third-order valence-corrected chi connectivity index (χ3v) is 3.60. The first kappa shape index (κ1) is 15.6. The fraction of sp³-hybridized carbons (Fsp3) is 0.200. The van der Waals surface area contributed by atoms with Crippen LogP contribution in [0.5, 0.6) is 0 Å². The Bertz CT molecular complexity index is 645. The van der Waals surface area contributed by atoms with Crippen molar-refractivity contribution in [2.24, 2.45) is 0 Å². The lowest BCUT2D eigenvalue weighted by Gasteiger charge is -2.16. The van der Waals surface area contributed by atoms with Crippen LogP contribution in [0.1, 0.15) is 12.5 Å². The maximum Gasteiger partial charge on any atom is 0.271 e. The number of non-ortho nitro benzene ring substituents is 1. The number of rotatable bonds is 5. The summed E-state index contributed by atoms with van der Waals surface area (Å²) < 4.78 is 0. The van der Waals surface area contributed by atoms with Gasteiger partial charge in [-0.15, -0.1) is 0 Å². The van der Waals surface area contributed by atoms with Crippen LogP contribution in [0.25, 0.3) is 0 Å². The van der Waals surface area contributed by atoms with Gasteiger partial charge in [-0.25, -0.2) is 0 Å². The van der Waals surface area contributed by atoms with E-state index in [2.05, 4.69) is 5.32 Å². The molecule has 6 heteroatoms. The Morgan fingerprint density at radius 1 is 1.19 bits per heavy atom. The molecule has 2 rings (SSSR count). The first-order valence-corrected chi connectivity index (χ1v) is 7.16. The van der Waals surface area contributed by atoms with Crippen LogP contribution in [0.4, 0.5) is 11.4 Å². The van der Waals surface area contributed by atoms with Gasteiger partial charge in [-0.2, -0.15) is 0 Å². The molecule has 4 nitrogen and oxygen atoms in total. The molecule has 0 fully saturated rings. The molecule has 0 saturated carbocycles. The van der Waals surface area contributed by atoms with Crippen LogP contribution in [0.15, 0.2) is 42.5 Å². The molecular formula is C15H14Cl2N2O2. The highest BCUT2D eigenvalue weighted by Gasteiger charge is 2.12. The van der Waals surface area contributed by atoms with E-state index in [1.807, 2.05) is 31.2 Å². The zero-order valence-corrected chi connectivity index (χ0v) is 12.9. The zero-order valence-electron chi connectivity index (χ0n) is 11.3. The quantitative estimate of drug-likeness (QED) is 0.625. The van der Waals surface area contributed by atoms with E-state index in [0.717, 1.165) is 12.0 Å². The van der Waals surface area contributed by atoms with Crippen LogP contribution < -0.4 is 5.32 Å². The number of benzene rings is 2. The monoisotopic (exact) mass is 324 g/mol. The highest BCUT2D eigenvalue weighted by Crippen LogP contribution is 2.27. The number of hydrogen-bond donors (Lipinski definition) is 1. The summed E-state index contributed by atoms with van der Waals surface area (Å²) in [5.74, 6) is 0. The molecule has 1 atom stereocenters. The summed E-state index contributed by atoms with van der Waals surface area (Å²) in [5.41, 5.74) is 1.70. The Morgan fingerprint density at radius 2 is 1.86 bits per heavy atom.